The second-order valence-electron chi connectivity index (χ2n) is 4.34. The number of allylic oxidation sites excluding steroid dienone is 1. The average molecular weight is 290 g/mol. The molecule has 3 N–H and O–H groups in total. The van der Waals surface area contributed by atoms with E-state index in [1.165, 1.54) is 6.07 Å². The first-order valence-corrected chi connectivity index (χ1v) is 6.31. The lowest BCUT2D eigenvalue weighted by Crippen LogP contribution is -2.29. The average Bonchev–Trinajstić information content (AvgIpc) is 2.39. The van der Waals surface area contributed by atoms with E-state index < -0.39 is 23.6 Å². The van der Waals surface area contributed by atoms with Gasteiger partial charge in [0.15, 0.2) is 0 Å². The van der Waals surface area contributed by atoms with Gasteiger partial charge in [-0.05, 0) is 37.6 Å². The third-order valence-electron chi connectivity index (χ3n) is 2.87. The van der Waals surface area contributed by atoms with Gasteiger partial charge < -0.3 is 11.1 Å². The highest BCUT2D eigenvalue weighted by Gasteiger charge is 2.34. The lowest BCUT2D eigenvalue weighted by atomic mass is 10.0. The fourth-order valence-corrected chi connectivity index (χ4v) is 1.82. The molecule has 0 fully saturated rings. The van der Waals surface area contributed by atoms with Crippen molar-refractivity contribution in [3.63, 3.8) is 0 Å². The zero-order valence-electron chi connectivity index (χ0n) is 11.2. The Morgan fingerprint density at radius 3 is 2.60 bits per heavy atom. The van der Waals surface area contributed by atoms with Crippen molar-refractivity contribution in [2.24, 2.45) is 5.73 Å². The van der Waals surface area contributed by atoms with Gasteiger partial charge in [0, 0.05) is 12.6 Å². The summed E-state index contributed by atoms with van der Waals surface area (Å²) in [7, 11) is 0. The maximum atomic E-state index is 13.2. The van der Waals surface area contributed by atoms with Crippen molar-refractivity contribution in [2.45, 2.75) is 25.6 Å². The monoisotopic (exact) mass is 290 g/mol. The fraction of sp³-hybridized carbons (Fsp3) is 0.429. The van der Waals surface area contributed by atoms with Crippen molar-refractivity contribution in [3.05, 3.63) is 47.3 Å². The van der Waals surface area contributed by atoms with Crippen LogP contribution in [0, 0.1) is 5.82 Å². The van der Waals surface area contributed by atoms with Crippen molar-refractivity contribution in [1.29, 1.82) is 0 Å². The van der Waals surface area contributed by atoms with Crippen LogP contribution in [0.1, 0.15) is 30.5 Å². The Morgan fingerprint density at radius 1 is 1.35 bits per heavy atom. The van der Waals surface area contributed by atoms with Gasteiger partial charge in [-0.3, -0.25) is 0 Å². The van der Waals surface area contributed by atoms with Crippen LogP contribution < -0.4 is 11.1 Å². The molecule has 112 valence electrons. The quantitative estimate of drug-likeness (QED) is 0.479. The van der Waals surface area contributed by atoms with Gasteiger partial charge in [0.25, 0.3) is 0 Å². The number of rotatable bonds is 6. The number of halogens is 4. The number of nitrogens with one attached hydrogen (secondary N) is 1. The Hall–Kier alpha value is -1.40. The van der Waals surface area contributed by atoms with Crippen LogP contribution in [0.3, 0.4) is 0 Å². The number of benzene rings is 1. The lowest BCUT2D eigenvalue weighted by Gasteiger charge is -2.18. The molecule has 1 unspecified atom stereocenters. The van der Waals surface area contributed by atoms with Crippen molar-refractivity contribution < 1.29 is 17.6 Å². The normalized spacial score (nSPS) is 13.9. The molecule has 1 aromatic rings. The molecule has 0 aliphatic carbocycles. The maximum Gasteiger partial charge on any atom is 0.419 e. The van der Waals surface area contributed by atoms with Crippen LogP contribution in [0.5, 0.6) is 0 Å². The van der Waals surface area contributed by atoms with Gasteiger partial charge in [-0.2, -0.15) is 13.2 Å². The Kier molecular flexibility index (Phi) is 6.16. The standard InChI is InChI=1S/C14H18F4N2/c1-2-3-4-7-20-13(9-19)10-5-6-12(15)11(8-10)14(16,17)18/h2-3,5-6,8,13,20H,4,7,9,19H2,1H3/b3-2+. The summed E-state index contributed by atoms with van der Waals surface area (Å²) in [6.07, 6.45) is -0.129. The van der Waals surface area contributed by atoms with Gasteiger partial charge >= 0.3 is 6.18 Å². The van der Waals surface area contributed by atoms with Gasteiger partial charge in [-0.15, -0.1) is 0 Å². The van der Waals surface area contributed by atoms with E-state index in [2.05, 4.69) is 5.32 Å². The van der Waals surface area contributed by atoms with Gasteiger partial charge in [-0.1, -0.05) is 18.2 Å². The predicted molar refractivity (Wildman–Crippen MR) is 70.6 cm³/mol. The molecule has 2 nitrogen and oxygen atoms in total. The highest BCUT2D eigenvalue weighted by atomic mass is 19.4. The summed E-state index contributed by atoms with van der Waals surface area (Å²) in [6.45, 7) is 2.61. The van der Waals surface area contributed by atoms with E-state index in [9.17, 15) is 17.6 Å². The summed E-state index contributed by atoms with van der Waals surface area (Å²) in [5, 5.41) is 3.05. The van der Waals surface area contributed by atoms with Gasteiger partial charge in [0.05, 0.1) is 5.56 Å². The Morgan fingerprint density at radius 2 is 2.05 bits per heavy atom. The van der Waals surface area contributed by atoms with E-state index >= 15 is 0 Å². The van der Waals surface area contributed by atoms with Crippen molar-refractivity contribution in [2.75, 3.05) is 13.1 Å². The van der Waals surface area contributed by atoms with E-state index in [1.54, 1.807) is 0 Å². The van der Waals surface area contributed by atoms with E-state index in [1.807, 2.05) is 19.1 Å². The molecule has 0 radical (unpaired) electrons. The molecular weight excluding hydrogens is 272 g/mol. The molecule has 0 heterocycles. The highest BCUT2D eigenvalue weighted by molar-refractivity contribution is 5.29. The lowest BCUT2D eigenvalue weighted by molar-refractivity contribution is -0.140. The molecule has 0 bridgehead atoms. The number of nitrogens with two attached hydrogens (primary N) is 1. The first kappa shape index (κ1) is 16.7. The minimum absolute atomic E-state index is 0.138. The minimum Gasteiger partial charge on any atom is -0.329 e. The second-order valence-corrected chi connectivity index (χ2v) is 4.34. The predicted octanol–water partition coefficient (Wildman–Crippen LogP) is 3.40. The molecule has 0 aliphatic heterocycles. The van der Waals surface area contributed by atoms with Crippen LogP contribution >= 0.6 is 0 Å². The van der Waals surface area contributed by atoms with Gasteiger partial charge in [-0.25, -0.2) is 4.39 Å². The number of hydrogen-bond acceptors (Lipinski definition) is 2. The van der Waals surface area contributed by atoms with Crippen LogP contribution in [-0.2, 0) is 6.18 Å². The first-order valence-electron chi connectivity index (χ1n) is 6.31. The summed E-state index contributed by atoms with van der Waals surface area (Å²) in [5.74, 6) is -1.27. The zero-order chi connectivity index (χ0) is 15.2. The Labute approximate surface area is 115 Å². The summed E-state index contributed by atoms with van der Waals surface area (Å²) in [5.41, 5.74) is 4.64. The topological polar surface area (TPSA) is 38.0 Å². The summed E-state index contributed by atoms with van der Waals surface area (Å²) in [6, 6.07) is 2.54. The van der Waals surface area contributed by atoms with E-state index in [-0.39, 0.29) is 6.54 Å². The van der Waals surface area contributed by atoms with Crippen LogP contribution in [0.4, 0.5) is 17.6 Å². The van der Waals surface area contributed by atoms with Crippen molar-refractivity contribution >= 4 is 0 Å². The summed E-state index contributed by atoms with van der Waals surface area (Å²) < 4.78 is 51.1. The van der Waals surface area contributed by atoms with E-state index in [4.69, 9.17) is 5.73 Å². The minimum atomic E-state index is -4.70. The van der Waals surface area contributed by atoms with Crippen molar-refractivity contribution in [1.82, 2.24) is 5.32 Å². The summed E-state index contributed by atoms with van der Waals surface area (Å²) >= 11 is 0. The number of hydrogen-bond donors (Lipinski definition) is 2. The van der Waals surface area contributed by atoms with E-state index in [0.29, 0.717) is 12.1 Å². The Balaban J connectivity index is 2.87. The molecule has 1 aromatic carbocycles. The molecule has 1 atom stereocenters. The van der Waals surface area contributed by atoms with Gasteiger partial charge in [0.2, 0.25) is 0 Å². The second kappa shape index (κ2) is 7.40. The molecule has 1 rings (SSSR count). The third kappa shape index (κ3) is 4.61. The molecule has 0 amide bonds. The molecule has 0 aliphatic rings. The van der Waals surface area contributed by atoms with Crippen LogP contribution in [0.15, 0.2) is 30.4 Å². The Bertz CT molecular complexity index is 455. The smallest absolute Gasteiger partial charge is 0.329 e. The molecule has 0 saturated carbocycles. The van der Waals surface area contributed by atoms with Gasteiger partial charge in [0.1, 0.15) is 5.82 Å². The van der Waals surface area contributed by atoms with E-state index in [0.717, 1.165) is 18.6 Å². The summed E-state index contributed by atoms with van der Waals surface area (Å²) in [4.78, 5) is 0. The molecule has 20 heavy (non-hydrogen) atoms. The molecule has 6 heteroatoms. The molecular formula is C14H18F4N2. The maximum absolute atomic E-state index is 13.2. The largest absolute Gasteiger partial charge is 0.419 e. The highest BCUT2D eigenvalue weighted by Crippen LogP contribution is 2.32. The molecule has 0 saturated heterocycles. The third-order valence-corrected chi connectivity index (χ3v) is 2.87. The number of alkyl halides is 3. The zero-order valence-corrected chi connectivity index (χ0v) is 11.2. The SMILES string of the molecule is C/C=C/CCNC(CN)c1ccc(F)c(C(F)(F)F)c1. The van der Waals surface area contributed by atoms with Crippen LogP contribution in [0.25, 0.3) is 0 Å². The fourth-order valence-electron chi connectivity index (χ4n) is 1.82. The first-order chi connectivity index (χ1) is 9.40. The molecule has 0 aromatic heterocycles. The molecule has 0 spiro atoms. The van der Waals surface area contributed by atoms with Crippen LogP contribution in [-0.4, -0.2) is 13.1 Å². The van der Waals surface area contributed by atoms with Crippen LogP contribution in [0.2, 0.25) is 0 Å². The van der Waals surface area contributed by atoms with Crippen molar-refractivity contribution in [3.8, 4) is 0 Å².